The predicted octanol–water partition coefficient (Wildman–Crippen LogP) is 2.16. The molecule has 0 aliphatic heterocycles. The number of hydrogen-bond donors (Lipinski definition) is 0. The third-order valence-electron chi connectivity index (χ3n) is 3.26. The molecule has 0 atom stereocenters. The quantitative estimate of drug-likeness (QED) is 0.338. The van der Waals surface area contributed by atoms with Crippen molar-refractivity contribution in [1.82, 2.24) is 0 Å². The summed E-state index contributed by atoms with van der Waals surface area (Å²) in [7, 11) is 0. The number of carbonyl (C=O) groups excluding carboxylic acids is 2. The van der Waals surface area contributed by atoms with Gasteiger partial charge in [-0.3, -0.25) is 9.59 Å². The van der Waals surface area contributed by atoms with E-state index in [1.165, 1.54) is 0 Å². The van der Waals surface area contributed by atoms with Crippen molar-refractivity contribution in [2.24, 2.45) is 11.8 Å². The van der Waals surface area contributed by atoms with E-state index < -0.39 is 0 Å². The first kappa shape index (κ1) is 27.4. The maximum absolute atomic E-state index is 11.3. The summed E-state index contributed by atoms with van der Waals surface area (Å²) < 4.78 is 26.4. The number of Topliss-reactive ketones (excluding diaryl/α,β-unsaturated/α-hetero) is 2. The van der Waals surface area contributed by atoms with Gasteiger partial charge < -0.3 is 23.7 Å². The van der Waals surface area contributed by atoms with Crippen LogP contribution in [-0.2, 0) is 33.3 Å². The van der Waals surface area contributed by atoms with E-state index in [-0.39, 0.29) is 44.0 Å². The molecule has 0 aromatic rings. The van der Waals surface area contributed by atoms with Crippen LogP contribution in [0.5, 0.6) is 0 Å². The van der Waals surface area contributed by atoms with Crippen molar-refractivity contribution in [1.29, 1.82) is 0 Å². The van der Waals surface area contributed by atoms with Gasteiger partial charge in [0.25, 0.3) is 0 Å². The molecule has 0 saturated carbocycles. The molecule has 0 radical (unpaired) electrons. The largest absolute Gasteiger partial charge is 0.377 e. The van der Waals surface area contributed by atoms with Gasteiger partial charge in [-0.1, -0.05) is 35.1 Å². The molecule has 0 amide bonds. The van der Waals surface area contributed by atoms with E-state index in [1.54, 1.807) is 0 Å². The van der Waals surface area contributed by atoms with Gasteiger partial charge in [0.05, 0.1) is 52.9 Å². The van der Waals surface area contributed by atoms with E-state index in [0.717, 1.165) is 0 Å². The molecule has 0 fully saturated rings. The van der Waals surface area contributed by atoms with Crippen molar-refractivity contribution in [3.63, 3.8) is 0 Å². The Balaban J connectivity index is 0. The van der Waals surface area contributed by atoms with E-state index in [1.807, 2.05) is 27.7 Å². The van der Waals surface area contributed by atoms with E-state index in [4.69, 9.17) is 23.7 Å². The molecular weight excluding hydrogens is 340 g/mol. The number of rotatable bonds is 18. The molecule has 0 rings (SSSR count). The van der Waals surface area contributed by atoms with Gasteiger partial charge in [-0.15, -0.1) is 0 Å². The first-order valence-corrected chi connectivity index (χ1v) is 8.89. The Bertz CT molecular complexity index is 311. The molecular formula is C19H38O7. The van der Waals surface area contributed by atoms with Crippen molar-refractivity contribution in [2.45, 2.75) is 35.1 Å². The minimum atomic E-state index is 0. The van der Waals surface area contributed by atoms with Crippen molar-refractivity contribution in [2.75, 3.05) is 66.1 Å². The zero-order chi connectivity index (χ0) is 18.9. The summed E-state index contributed by atoms with van der Waals surface area (Å²) in [5.74, 6) is 0.205. The Morgan fingerprint density at radius 3 is 1.00 bits per heavy atom. The molecule has 0 unspecified atom stereocenters. The molecule has 7 heteroatoms. The minimum Gasteiger partial charge on any atom is -0.377 e. The van der Waals surface area contributed by atoms with E-state index >= 15 is 0 Å². The normalized spacial score (nSPS) is 11.0. The first-order valence-electron chi connectivity index (χ1n) is 8.89. The number of ether oxygens (including phenoxy) is 5. The highest BCUT2D eigenvalue weighted by Crippen LogP contribution is 1.95. The highest BCUT2D eigenvalue weighted by molar-refractivity contribution is 5.81. The molecule has 0 aromatic heterocycles. The summed E-state index contributed by atoms with van der Waals surface area (Å²) in [5.41, 5.74) is 0. The van der Waals surface area contributed by atoms with Crippen LogP contribution in [0, 0.1) is 11.8 Å². The Hall–Kier alpha value is -0.860. The Morgan fingerprint density at radius 1 is 0.538 bits per heavy atom. The van der Waals surface area contributed by atoms with Gasteiger partial charge in [-0.2, -0.15) is 0 Å². The van der Waals surface area contributed by atoms with Gasteiger partial charge in [0, 0.05) is 11.8 Å². The van der Waals surface area contributed by atoms with Crippen LogP contribution in [0.25, 0.3) is 0 Å². The minimum absolute atomic E-state index is 0. The molecule has 0 aliphatic rings. The van der Waals surface area contributed by atoms with Crippen molar-refractivity contribution in [3.8, 4) is 0 Å². The third kappa shape index (κ3) is 17.9. The monoisotopic (exact) mass is 378 g/mol. The fraction of sp³-hybridized carbons (Fsp3) is 0.895. The molecule has 0 spiro atoms. The molecule has 26 heavy (non-hydrogen) atoms. The second kappa shape index (κ2) is 18.9. The average Bonchev–Trinajstić information content (AvgIpc) is 2.57. The SMILES string of the molecule is C.CC(C)C(=O)COCCOCCOCCOCCOCC(=O)C(C)C. The molecule has 0 N–H and O–H groups in total. The van der Waals surface area contributed by atoms with Crippen LogP contribution in [-0.4, -0.2) is 77.6 Å². The average molecular weight is 379 g/mol. The molecule has 0 aliphatic carbocycles. The topological polar surface area (TPSA) is 80.3 Å². The standard InChI is InChI=1S/C18H34O7.CH4/c1-15(2)17(19)13-24-11-9-22-7-5-21-6-8-23-10-12-25-14-18(20)16(3)4;/h15-16H,5-14H2,1-4H3;1H4. The van der Waals surface area contributed by atoms with Gasteiger partial charge in [0.15, 0.2) is 11.6 Å². The van der Waals surface area contributed by atoms with Crippen LogP contribution in [0.4, 0.5) is 0 Å². The maximum atomic E-state index is 11.3. The summed E-state index contributed by atoms with van der Waals surface area (Å²) in [6.45, 7) is 11.3. The Morgan fingerprint density at radius 2 is 0.769 bits per heavy atom. The summed E-state index contributed by atoms with van der Waals surface area (Å²) in [6, 6.07) is 0. The van der Waals surface area contributed by atoms with Gasteiger partial charge in [-0.05, 0) is 0 Å². The third-order valence-corrected chi connectivity index (χ3v) is 3.26. The van der Waals surface area contributed by atoms with Crippen LogP contribution in [0.1, 0.15) is 35.1 Å². The lowest BCUT2D eigenvalue weighted by Crippen LogP contribution is -2.18. The van der Waals surface area contributed by atoms with Gasteiger partial charge in [-0.25, -0.2) is 0 Å². The fourth-order valence-corrected chi connectivity index (χ4v) is 1.46. The zero-order valence-corrected chi connectivity index (χ0v) is 16.1. The number of hydrogen-bond acceptors (Lipinski definition) is 7. The highest BCUT2D eigenvalue weighted by atomic mass is 16.6. The highest BCUT2D eigenvalue weighted by Gasteiger charge is 2.07. The fourth-order valence-electron chi connectivity index (χ4n) is 1.46. The molecule has 0 saturated heterocycles. The lowest BCUT2D eigenvalue weighted by molar-refractivity contribution is -0.127. The first-order chi connectivity index (χ1) is 11.9. The predicted molar refractivity (Wildman–Crippen MR) is 101 cm³/mol. The lowest BCUT2D eigenvalue weighted by atomic mass is 10.1. The van der Waals surface area contributed by atoms with Crippen LogP contribution in [0.15, 0.2) is 0 Å². The van der Waals surface area contributed by atoms with Gasteiger partial charge >= 0.3 is 0 Å². The van der Waals surface area contributed by atoms with Crippen molar-refractivity contribution < 1.29 is 33.3 Å². The second-order valence-corrected chi connectivity index (χ2v) is 6.18. The Kier molecular flexibility index (Phi) is 19.9. The van der Waals surface area contributed by atoms with Gasteiger partial charge in [0.2, 0.25) is 0 Å². The lowest BCUT2D eigenvalue weighted by Gasteiger charge is -2.08. The smallest absolute Gasteiger partial charge is 0.160 e. The van der Waals surface area contributed by atoms with Crippen LogP contribution < -0.4 is 0 Å². The molecule has 0 bridgehead atoms. The molecule has 0 heterocycles. The number of carbonyl (C=O) groups is 2. The molecule has 156 valence electrons. The summed E-state index contributed by atoms with van der Waals surface area (Å²) in [6.07, 6.45) is 0. The molecule has 7 nitrogen and oxygen atoms in total. The van der Waals surface area contributed by atoms with E-state index in [0.29, 0.717) is 52.9 Å². The van der Waals surface area contributed by atoms with Crippen LogP contribution in [0.3, 0.4) is 0 Å². The summed E-state index contributed by atoms with van der Waals surface area (Å²) >= 11 is 0. The van der Waals surface area contributed by atoms with E-state index in [2.05, 4.69) is 0 Å². The number of ketones is 2. The Labute approximate surface area is 158 Å². The summed E-state index contributed by atoms with van der Waals surface area (Å²) in [5, 5.41) is 0. The van der Waals surface area contributed by atoms with Crippen LogP contribution >= 0.6 is 0 Å². The molecule has 0 aromatic carbocycles. The second-order valence-electron chi connectivity index (χ2n) is 6.18. The van der Waals surface area contributed by atoms with E-state index in [9.17, 15) is 9.59 Å². The van der Waals surface area contributed by atoms with Crippen molar-refractivity contribution >= 4 is 11.6 Å². The zero-order valence-electron chi connectivity index (χ0n) is 16.1. The van der Waals surface area contributed by atoms with Crippen molar-refractivity contribution in [3.05, 3.63) is 0 Å². The van der Waals surface area contributed by atoms with Gasteiger partial charge in [0.1, 0.15) is 13.2 Å². The summed E-state index contributed by atoms with van der Waals surface area (Å²) in [4.78, 5) is 22.6. The maximum Gasteiger partial charge on any atom is 0.160 e. The van der Waals surface area contributed by atoms with Crippen LogP contribution in [0.2, 0.25) is 0 Å².